The molecule has 2 amide bonds. The molecule has 1 atom stereocenters. The van der Waals surface area contributed by atoms with Gasteiger partial charge in [0.15, 0.2) is 0 Å². The lowest BCUT2D eigenvalue weighted by atomic mass is 10.2. The van der Waals surface area contributed by atoms with Crippen LogP contribution in [0.15, 0.2) is 0 Å². The number of terminal acetylenes is 1. The summed E-state index contributed by atoms with van der Waals surface area (Å²) in [6.07, 6.45) is 6.06. The van der Waals surface area contributed by atoms with E-state index in [4.69, 9.17) is 16.3 Å². The van der Waals surface area contributed by atoms with Gasteiger partial charge in [-0.1, -0.05) is 26.7 Å². The maximum Gasteiger partial charge on any atom is 0.222 e. The summed E-state index contributed by atoms with van der Waals surface area (Å²) in [4.78, 5) is 22.7. The minimum absolute atomic E-state index is 0.0822. The van der Waals surface area contributed by atoms with Crippen LogP contribution in [0.25, 0.3) is 0 Å². The van der Waals surface area contributed by atoms with Crippen molar-refractivity contribution in [3.8, 4) is 12.3 Å². The fourth-order valence-corrected chi connectivity index (χ4v) is 1.28. The van der Waals surface area contributed by atoms with Gasteiger partial charge in [0.05, 0.1) is 25.7 Å². The van der Waals surface area contributed by atoms with Crippen LogP contribution in [0.3, 0.4) is 0 Å². The molecule has 0 aromatic heterocycles. The highest BCUT2D eigenvalue weighted by Crippen LogP contribution is 1.90. The number of carbonyl (C=O) groups is 2. The third-order valence-corrected chi connectivity index (χ3v) is 2.41. The zero-order valence-electron chi connectivity index (χ0n) is 13.3. The first-order valence-corrected chi connectivity index (χ1v) is 7.32. The summed E-state index contributed by atoms with van der Waals surface area (Å²) in [6.45, 7) is 6.52. The van der Waals surface area contributed by atoms with Crippen LogP contribution in [0.2, 0.25) is 0 Å². The van der Waals surface area contributed by atoms with Gasteiger partial charge in [-0.15, -0.1) is 6.42 Å². The fraction of sp³-hybridized carbons (Fsp3) is 0.733. The molecule has 0 radical (unpaired) electrons. The monoisotopic (exact) mass is 300 g/mol. The van der Waals surface area contributed by atoms with Gasteiger partial charge < -0.3 is 20.5 Å². The van der Waals surface area contributed by atoms with Gasteiger partial charge in [0.1, 0.15) is 6.61 Å². The first-order valence-electron chi connectivity index (χ1n) is 7.32. The summed E-state index contributed by atoms with van der Waals surface area (Å²) in [7, 11) is 0. The molecule has 0 fully saturated rings. The number of nitrogens with one attached hydrogen (secondary N) is 2. The van der Waals surface area contributed by atoms with Gasteiger partial charge in [-0.2, -0.15) is 0 Å². The minimum atomic E-state index is -0.222. The number of amides is 2. The van der Waals surface area contributed by atoms with E-state index in [0.717, 1.165) is 0 Å². The van der Waals surface area contributed by atoms with Crippen molar-refractivity contribution in [3.05, 3.63) is 0 Å². The molecular formula is C15H28N2O4. The molecule has 0 heterocycles. The lowest BCUT2D eigenvalue weighted by Gasteiger charge is -2.13. The van der Waals surface area contributed by atoms with Gasteiger partial charge in [-0.25, -0.2) is 0 Å². The predicted octanol–water partition coefficient (Wildman–Crippen LogP) is 0.446. The Morgan fingerprint density at radius 3 is 2.48 bits per heavy atom. The summed E-state index contributed by atoms with van der Waals surface area (Å²) in [6, 6.07) is -0.222. The predicted molar refractivity (Wildman–Crippen MR) is 82.6 cm³/mol. The molecule has 3 N–H and O–H groups in total. The van der Waals surface area contributed by atoms with Crippen LogP contribution in [-0.4, -0.2) is 49.3 Å². The van der Waals surface area contributed by atoms with Crippen molar-refractivity contribution in [3.63, 3.8) is 0 Å². The van der Waals surface area contributed by atoms with E-state index in [1.165, 1.54) is 0 Å². The van der Waals surface area contributed by atoms with Crippen molar-refractivity contribution < 1.29 is 19.4 Å². The maximum atomic E-state index is 11.4. The van der Waals surface area contributed by atoms with Crippen molar-refractivity contribution in [2.24, 2.45) is 0 Å². The number of rotatable bonds is 10. The van der Waals surface area contributed by atoms with E-state index in [1.54, 1.807) is 0 Å². The fourth-order valence-electron chi connectivity index (χ4n) is 1.28. The summed E-state index contributed by atoms with van der Waals surface area (Å²) < 4.78 is 4.96. The van der Waals surface area contributed by atoms with Gasteiger partial charge in [-0.3, -0.25) is 9.59 Å². The molecule has 0 spiro atoms. The largest absolute Gasteiger partial charge is 0.394 e. The summed E-state index contributed by atoms with van der Waals surface area (Å²) in [5.41, 5.74) is 0. The summed E-state index contributed by atoms with van der Waals surface area (Å²) in [5, 5.41) is 14.2. The van der Waals surface area contributed by atoms with Crippen LogP contribution in [0.1, 0.15) is 40.0 Å². The summed E-state index contributed by atoms with van der Waals surface area (Å²) >= 11 is 0. The molecule has 0 bridgehead atoms. The Bertz CT molecular complexity index is 309. The second-order valence-electron chi connectivity index (χ2n) is 3.96. The highest BCUT2D eigenvalue weighted by molar-refractivity contribution is 5.79. The van der Waals surface area contributed by atoms with E-state index in [0.29, 0.717) is 6.42 Å². The molecule has 0 aliphatic rings. The number of hydrogen-bond donors (Lipinski definition) is 3. The van der Waals surface area contributed by atoms with Gasteiger partial charge in [0, 0.05) is 13.0 Å². The first-order chi connectivity index (χ1) is 10.1. The molecule has 122 valence electrons. The Labute approximate surface area is 127 Å². The van der Waals surface area contributed by atoms with Gasteiger partial charge in [-0.05, 0) is 6.42 Å². The van der Waals surface area contributed by atoms with E-state index >= 15 is 0 Å². The standard InChI is InChI=1S/C13H22N2O4.C2H6/c1-3-8-19-9-6-12(17)14-7-5-13(18)15-11(4-2)10-16;1-2/h1,11,16H,4-10H2,2H3,(H,14,17)(H,15,18);1-2H3. The number of aliphatic hydroxyl groups is 1. The molecule has 0 aromatic rings. The Hall–Kier alpha value is -1.58. The first kappa shape index (κ1) is 21.7. The van der Waals surface area contributed by atoms with E-state index in [2.05, 4.69) is 16.6 Å². The lowest BCUT2D eigenvalue weighted by Crippen LogP contribution is -2.38. The third kappa shape index (κ3) is 14.6. The van der Waals surface area contributed by atoms with E-state index in [-0.39, 0.29) is 57.1 Å². The van der Waals surface area contributed by atoms with Gasteiger partial charge >= 0.3 is 0 Å². The number of aliphatic hydroxyl groups excluding tert-OH is 1. The minimum Gasteiger partial charge on any atom is -0.394 e. The maximum absolute atomic E-state index is 11.4. The second-order valence-corrected chi connectivity index (χ2v) is 3.96. The zero-order chi connectivity index (χ0) is 16.5. The Kier molecular flexibility index (Phi) is 17.0. The molecule has 0 aromatic carbocycles. The number of ether oxygens (including phenoxy) is 1. The van der Waals surface area contributed by atoms with Crippen LogP contribution in [0.4, 0.5) is 0 Å². The quantitative estimate of drug-likeness (QED) is 0.404. The van der Waals surface area contributed by atoms with Crippen molar-refractivity contribution in [2.45, 2.75) is 46.1 Å². The summed E-state index contributed by atoms with van der Waals surface area (Å²) in [5.74, 6) is 1.93. The molecule has 0 rings (SSSR count). The molecule has 6 nitrogen and oxygen atoms in total. The van der Waals surface area contributed by atoms with Gasteiger partial charge in [0.2, 0.25) is 11.8 Å². The molecule has 21 heavy (non-hydrogen) atoms. The van der Waals surface area contributed by atoms with Crippen molar-refractivity contribution >= 4 is 11.8 Å². The van der Waals surface area contributed by atoms with Crippen LogP contribution in [0.5, 0.6) is 0 Å². The topological polar surface area (TPSA) is 87.7 Å². The van der Waals surface area contributed by atoms with E-state index in [1.807, 2.05) is 20.8 Å². The Balaban J connectivity index is 0. The van der Waals surface area contributed by atoms with E-state index < -0.39 is 0 Å². The molecule has 6 heteroatoms. The normalized spacial score (nSPS) is 10.6. The Morgan fingerprint density at radius 1 is 1.29 bits per heavy atom. The van der Waals surface area contributed by atoms with Crippen molar-refractivity contribution in [2.75, 3.05) is 26.4 Å². The zero-order valence-corrected chi connectivity index (χ0v) is 13.3. The highest BCUT2D eigenvalue weighted by Gasteiger charge is 2.09. The second kappa shape index (κ2) is 16.5. The molecular weight excluding hydrogens is 272 g/mol. The van der Waals surface area contributed by atoms with Crippen LogP contribution in [0, 0.1) is 12.3 Å². The SMILES string of the molecule is C#CCOCCC(=O)NCCC(=O)NC(CC)CO.CC. The van der Waals surface area contributed by atoms with Crippen molar-refractivity contribution in [1.29, 1.82) is 0 Å². The van der Waals surface area contributed by atoms with Crippen LogP contribution < -0.4 is 10.6 Å². The van der Waals surface area contributed by atoms with Crippen molar-refractivity contribution in [1.82, 2.24) is 10.6 Å². The Morgan fingerprint density at radius 2 is 1.95 bits per heavy atom. The molecule has 0 saturated heterocycles. The van der Waals surface area contributed by atoms with Crippen LogP contribution >= 0.6 is 0 Å². The number of hydrogen-bond acceptors (Lipinski definition) is 4. The molecule has 0 aliphatic heterocycles. The molecule has 0 aliphatic carbocycles. The van der Waals surface area contributed by atoms with E-state index in [9.17, 15) is 9.59 Å². The third-order valence-electron chi connectivity index (χ3n) is 2.41. The number of carbonyl (C=O) groups excluding carboxylic acids is 2. The molecule has 1 unspecified atom stereocenters. The molecule has 0 saturated carbocycles. The smallest absolute Gasteiger partial charge is 0.222 e. The lowest BCUT2D eigenvalue weighted by molar-refractivity contribution is -0.123. The average Bonchev–Trinajstić information content (AvgIpc) is 2.51. The van der Waals surface area contributed by atoms with Crippen LogP contribution in [-0.2, 0) is 14.3 Å². The van der Waals surface area contributed by atoms with Gasteiger partial charge in [0.25, 0.3) is 0 Å². The highest BCUT2D eigenvalue weighted by atomic mass is 16.5. The average molecular weight is 300 g/mol.